The molecule has 2 aromatic rings. The monoisotopic (exact) mass is 560 g/mol. The van der Waals surface area contributed by atoms with Gasteiger partial charge in [-0.15, -0.1) is 5.10 Å². The molecule has 2 aliphatic rings. The number of carboxylic acids is 2. The molecule has 2 aliphatic heterocycles. The van der Waals surface area contributed by atoms with Crippen molar-refractivity contribution in [3.8, 4) is 0 Å². The third-order valence-corrected chi connectivity index (χ3v) is 5.31. The number of carboxylic acid groups (broad SMARTS) is 2. The molecule has 0 saturated carbocycles. The van der Waals surface area contributed by atoms with Crippen LogP contribution >= 0.6 is 0 Å². The van der Waals surface area contributed by atoms with Gasteiger partial charge in [0.15, 0.2) is 0 Å². The largest absolute Gasteiger partial charge is 0.490 e. The molecule has 11 nitrogen and oxygen atoms in total. The summed E-state index contributed by atoms with van der Waals surface area (Å²) >= 11 is 0. The van der Waals surface area contributed by atoms with Gasteiger partial charge in [-0.3, -0.25) is 4.90 Å². The van der Waals surface area contributed by atoms with E-state index in [1.54, 1.807) is 0 Å². The number of nitrogens with zero attached hydrogens (tertiary/aromatic N) is 4. The highest BCUT2D eigenvalue weighted by Gasteiger charge is 2.42. The highest BCUT2D eigenvalue weighted by Crippen LogP contribution is 2.31. The average molecular weight is 560 g/mol. The van der Waals surface area contributed by atoms with Crippen LogP contribution in [0, 0.1) is 13.8 Å². The van der Waals surface area contributed by atoms with Gasteiger partial charge in [0.25, 0.3) is 0 Å². The number of carbonyl (C=O) groups is 2. The first-order chi connectivity index (χ1) is 17.5. The Bertz CT molecular complexity index is 1040. The van der Waals surface area contributed by atoms with Gasteiger partial charge in [-0.25, -0.2) is 9.59 Å². The van der Waals surface area contributed by atoms with E-state index < -0.39 is 24.3 Å². The number of aromatic nitrogens is 2. The number of alkyl halides is 6. The molecule has 2 N–H and O–H groups in total. The van der Waals surface area contributed by atoms with E-state index in [9.17, 15) is 26.3 Å². The summed E-state index contributed by atoms with van der Waals surface area (Å²) in [5.74, 6) is -2.93. The maximum absolute atomic E-state index is 10.6. The second-order valence-corrected chi connectivity index (χ2v) is 8.49. The average Bonchev–Trinajstić information content (AvgIpc) is 3.41. The minimum absolute atomic E-state index is 0.166. The van der Waals surface area contributed by atoms with E-state index in [1.165, 1.54) is 0 Å². The molecule has 0 amide bonds. The van der Waals surface area contributed by atoms with E-state index in [0.717, 1.165) is 63.7 Å². The van der Waals surface area contributed by atoms with Gasteiger partial charge in [-0.2, -0.15) is 26.3 Å². The quantitative estimate of drug-likeness (QED) is 0.533. The van der Waals surface area contributed by atoms with Gasteiger partial charge in [-0.1, -0.05) is 5.10 Å². The van der Waals surface area contributed by atoms with E-state index in [4.69, 9.17) is 33.4 Å². The lowest BCUT2D eigenvalue weighted by Crippen LogP contribution is -2.59. The predicted molar refractivity (Wildman–Crippen MR) is 115 cm³/mol. The molecule has 0 bridgehead atoms. The Morgan fingerprint density at radius 3 is 2.05 bits per heavy atom. The van der Waals surface area contributed by atoms with E-state index in [0.29, 0.717) is 11.9 Å². The molecule has 214 valence electrons. The first-order valence-electron chi connectivity index (χ1n) is 11.1. The second-order valence-electron chi connectivity index (χ2n) is 8.49. The van der Waals surface area contributed by atoms with Crippen LogP contribution in [0.5, 0.6) is 0 Å². The van der Waals surface area contributed by atoms with Crippen LogP contribution in [0.4, 0.5) is 32.4 Å². The Hall–Kier alpha value is -3.34. The lowest BCUT2D eigenvalue weighted by atomic mass is 9.91. The molecule has 1 atom stereocenters. The van der Waals surface area contributed by atoms with Crippen molar-refractivity contribution in [2.24, 2.45) is 0 Å². The van der Waals surface area contributed by atoms with Gasteiger partial charge in [0, 0.05) is 26.6 Å². The van der Waals surface area contributed by atoms with E-state index >= 15 is 0 Å². The smallest absolute Gasteiger partial charge is 0.475 e. The zero-order valence-electron chi connectivity index (χ0n) is 20.3. The number of hydrogen-bond acceptors (Lipinski definition) is 9. The summed E-state index contributed by atoms with van der Waals surface area (Å²) in [6.07, 6.45) is -8.04. The number of morpholine rings is 1. The zero-order valence-corrected chi connectivity index (χ0v) is 20.3. The minimum Gasteiger partial charge on any atom is -0.475 e. The Balaban J connectivity index is 0.000000301. The van der Waals surface area contributed by atoms with E-state index in [2.05, 4.69) is 26.1 Å². The fraction of sp³-hybridized carbons (Fsp3) is 0.619. The molecule has 0 radical (unpaired) electrons. The Kier molecular flexibility index (Phi) is 10.1. The first kappa shape index (κ1) is 30.9. The maximum Gasteiger partial charge on any atom is 0.490 e. The number of aliphatic carboxylic acids is 2. The predicted octanol–water partition coefficient (Wildman–Crippen LogP) is 3.42. The van der Waals surface area contributed by atoms with Crippen molar-refractivity contribution in [1.82, 2.24) is 15.1 Å². The van der Waals surface area contributed by atoms with Gasteiger partial charge >= 0.3 is 30.3 Å². The summed E-state index contributed by atoms with van der Waals surface area (Å²) in [5, 5.41) is 22.4. The molecular weight excluding hydrogens is 534 g/mol. The normalized spacial score (nSPS) is 20.3. The Morgan fingerprint density at radius 1 is 0.974 bits per heavy atom. The Labute approximate surface area is 211 Å². The summed E-state index contributed by atoms with van der Waals surface area (Å²) in [7, 11) is 0. The highest BCUT2D eigenvalue weighted by molar-refractivity contribution is 5.73. The fourth-order valence-corrected chi connectivity index (χ4v) is 3.77. The van der Waals surface area contributed by atoms with Crippen LogP contribution in [-0.2, 0) is 20.9 Å². The van der Waals surface area contributed by atoms with Gasteiger partial charge < -0.3 is 28.7 Å². The van der Waals surface area contributed by atoms with Gasteiger partial charge in [0.2, 0.25) is 5.89 Å². The number of anilines is 1. The van der Waals surface area contributed by atoms with Crippen molar-refractivity contribution >= 4 is 18.0 Å². The SMILES string of the molecule is Cc1ccc(CN2CCOC3(CCCN(c4nnc(C)o4)C3)C2)o1.O=C(O)C(F)(F)F.O=C(O)C(F)(F)F. The summed E-state index contributed by atoms with van der Waals surface area (Å²) in [4.78, 5) is 22.4. The van der Waals surface area contributed by atoms with Crippen LogP contribution in [0.25, 0.3) is 0 Å². The molecule has 17 heteroatoms. The summed E-state index contributed by atoms with van der Waals surface area (Å²) in [6, 6.07) is 4.69. The summed E-state index contributed by atoms with van der Waals surface area (Å²) < 4.78 is 81.0. The van der Waals surface area contributed by atoms with Gasteiger partial charge in [0.05, 0.1) is 25.3 Å². The molecule has 4 heterocycles. The molecule has 1 unspecified atom stereocenters. The summed E-state index contributed by atoms with van der Waals surface area (Å²) in [5.41, 5.74) is -0.166. The molecule has 0 aromatic carbocycles. The molecule has 1 spiro atoms. The third kappa shape index (κ3) is 9.51. The van der Waals surface area contributed by atoms with Crippen LogP contribution in [0.2, 0.25) is 0 Å². The van der Waals surface area contributed by atoms with Gasteiger partial charge in [-0.05, 0) is 31.9 Å². The van der Waals surface area contributed by atoms with Crippen molar-refractivity contribution in [3.05, 3.63) is 29.5 Å². The van der Waals surface area contributed by atoms with Crippen LogP contribution in [-0.4, -0.2) is 88.0 Å². The molecule has 2 saturated heterocycles. The molecule has 4 rings (SSSR count). The zero-order chi connectivity index (χ0) is 28.7. The number of aryl methyl sites for hydroxylation is 2. The molecule has 2 fully saturated rings. The molecular formula is C21H26F6N4O7. The van der Waals surface area contributed by atoms with Crippen molar-refractivity contribution in [1.29, 1.82) is 0 Å². The topological polar surface area (TPSA) is 142 Å². The minimum atomic E-state index is -5.08. The van der Waals surface area contributed by atoms with Gasteiger partial charge in [0.1, 0.15) is 11.5 Å². The van der Waals surface area contributed by atoms with Crippen LogP contribution < -0.4 is 4.90 Å². The molecule has 38 heavy (non-hydrogen) atoms. The lowest BCUT2D eigenvalue weighted by Gasteiger charge is -2.47. The maximum atomic E-state index is 10.6. The highest BCUT2D eigenvalue weighted by atomic mass is 19.4. The number of piperidine rings is 1. The van der Waals surface area contributed by atoms with Crippen LogP contribution in [0.3, 0.4) is 0 Å². The van der Waals surface area contributed by atoms with Crippen molar-refractivity contribution in [2.75, 3.05) is 37.7 Å². The van der Waals surface area contributed by atoms with Crippen LogP contribution in [0.15, 0.2) is 21.0 Å². The lowest BCUT2D eigenvalue weighted by molar-refractivity contribution is -0.193. The second kappa shape index (κ2) is 12.5. The third-order valence-electron chi connectivity index (χ3n) is 5.31. The standard InChI is InChI=1S/C17H24N4O3.2C2HF3O2/c1-13-4-5-15(23-13)10-20-8-9-22-17(11-20)6-3-7-21(12-17)16-19-18-14(2)24-16;2*3-2(4,5)1(6)7/h4-5H,3,6-12H2,1-2H3;2*(H,6,7). The number of hydrogen-bond donors (Lipinski definition) is 2. The van der Waals surface area contributed by atoms with Crippen molar-refractivity contribution < 1.29 is 59.7 Å². The number of ether oxygens (including phenoxy) is 1. The van der Waals surface area contributed by atoms with Crippen LogP contribution in [0.1, 0.15) is 30.3 Å². The van der Waals surface area contributed by atoms with Crippen molar-refractivity contribution in [2.45, 2.75) is 51.2 Å². The summed E-state index contributed by atoms with van der Waals surface area (Å²) in [6.45, 7) is 8.94. The Morgan fingerprint density at radius 2 is 1.58 bits per heavy atom. The van der Waals surface area contributed by atoms with Crippen molar-refractivity contribution in [3.63, 3.8) is 0 Å². The fourth-order valence-electron chi connectivity index (χ4n) is 3.77. The number of halogens is 6. The molecule has 0 aliphatic carbocycles. The first-order valence-corrected chi connectivity index (χ1v) is 11.1. The van der Waals surface area contributed by atoms with E-state index in [-0.39, 0.29) is 5.60 Å². The van der Waals surface area contributed by atoms with E-state index in [1.807, 2.05) is 19.9 Å². The number of rotatable bonds is 3. The molecule has 2 aromatic heterocycles. The number of furan rings is 1.